The Labute approximate surface area is 115 Å². The van der Waals surface area contributed by atoms with Crippen LogP contribution in [0.2, 0.25) is 0 Å². The Morgan fingerprint density at radius 2 is 1.95 bits per heavy atom. The van der Waals surface area contributed by atoms with E-state index >= 15 is 0 Å². The van der Waals surface area contributed by atoms with Gasteiger partial charge in [0.2, 0.25) is 0 Å². The predicted octanol–water partition coefficient (Wildman–Crippen LogP) is 1.69. The Morgan fingerprint density at radius 1 is 1.30 bits per heavy atom. The Morgan fingerprint density at radius 3 is 2.40 bits per heavy atom. The molecule has 1 aliphatic rings. The van der Waals surface area contributed by atoms with Gasteiger partial charge in [0.1, 0.15) is 0 Å². The molecule has 6 nitrogen and oxygen atoms in total. The van der Waals surface area contributed by atoms with E-state index in [0.717, 1.165) is 0 Å². The van der Waals surface area contributed by atoms with Crippen molar-refractivity contribution in [3.05, 3.63) is 23.3 Å². The maximum atomic E-state index is 11.6. The number of esters is 1. The standard InChI is InChI=1S/C14H16O6/c1-19-10-6-8(13(18)20-2)5-9(12(10)17)14(3-4-14)7-11(15)16/h5-6,17H,3-4,7H2,1-2H3,(H,15,16). The van der Waals surface area contributed by atoms with Crippen LogP contribution in [0.25, 0.3) is 0 Å². The lowest BCUT2D eigenvalue weighted by Crippen LogP contribution is -2.15. The third-order valence-electron chi connectivity index (χ3n) is 3.63. The van der Waals surface area contributed by atoms with Crippen LogP contribution in [0, 0.1) is 0 Å². The number of carbonyl (C=O) groups excluding carboxylic acids is 1. The van der Waals surface area contributed by atoms with Crippen molar-refractivity contribution in [1.82, 2.24) is 0 Å². The zero-order valence-corrected chi connectivity index (χ0v) is 11.3. The molecule has 0 spiro atoms. The van der Waals surface area contributed by atoms with E-state index in [1.54, 1.807) is 0 Å². The molecule has 6 heteroatoms. The normalized spacial score (nSPS) is 15.5. The van der Waals surface area contributed by atoms with E-state index in [1.165, 1.54) is 26.4 Å². The summed E-state index contributed by atoms with van der Waals surface area (Å²) in [6.45, 7) is 0. The average molecular weight is 280 g/mol. The molecule has 0 heterocycles. The molecule has 0 saturated heterocycles. The zero-order chi connectivity index (χ0) is 14.9. The molecule has 1 fully saturated rings. The second kappa shape index (κ2) is 5.03. The number of methoxy groups -OCH3 is 2. The van der Waals surface area contributed by atoms with Crippen molar-refractivity contribution in [3.8, 4) is 11.5 Å². The molecule has 2 rings (SSSR count). The summed E-state index contributed by atoms with van der Waals surface area (Å²) < 4.78 is 9.70. The fraction of sp³-hybridized carbons (Fsp3) is 0.429. The summed E-state index contributed by atoms with van der Waals surface area (Å²) in [5.41, 5.74) is 0.0428. The lowest BCUT2D eigenvalue weighted by molar-refractivity contribution is -0.137. The fourth-order valence-corrected chi connectivity index (χ4v) is 2.39. The monoisotopic (exact) mass is 280 g/mol. The van der Waals surface area contributed by atoms with Gasteiger partial charge in [-0.1, -0.05) is 0 Å². The van der Waals surface area contributed by atoms with E-state index in [0.29, 0.717) is 18.4 Å². The summed E-state index contributed by atoms with van der Waals surface area (Å²) in [6, 6.07) is 2.86. The molecule has 1 aromatic carbocycles. The molecule has 20 heavy (non-hydrogen) atoms. The Hall–Kier alpha value is -2.24. The number of phenolic OH excluding ortho intramolecular Hbond substituents is 1. The van der Waals surface area contributed by atoms with Crippen LogP contribution in [0.4, 0.5) is 0 Å². The molecule has 0 bridgehead atoms. The molecule has 1 aliphatic carbocycles. The summed E-state index contributed by atoms with van der Waals surface area (Å²) in [5.74, 6) is -1.47. The highest BCUT2D eigenvalue weighted by Crippen LogP contribution is 2.55. The fourth-order valence-electron chi connectivity index (χ4n) is 2.39. The van der Waals surface area contributed by atoms with Crippen LogP contribution in [-0.4, -0.2) is 36.4 Å². The number of phenols is 1. The molecular formula is C14H16O6. The van der Waals surface area contributed by atoms with Gasteiger partial charge < -0.3 is 19.7 Å². The highest BCUT2D eigenvalue weighted by Gasteiger charge is 2.48. The zero-order valence-electron chi connectivity index (χ0n) is 11.3. The van der Waals surface area contributed by atoms with Crippen LogP contribution >= 0.6 is 0 Å². The van der Waals surface area contributed by atoms with Crippen LogP contribution < -0.4 is 4.74 Å². The second-order valence-corrected chi connectivity index (χ2v) is 4.92. The topological polar surface area (TPSA) is 93.1 Å². The number of carbonyl (C=O) groups is 2. The number of carboxylic acids is 1. The number of hydrogen-bond acceptors (Lipinski definition) is 5. The van der Waals surface area contributed by atoms with Crippen molar-refractivity contribution >= 4 is 11.9 Å². The van der Waals surface area contributed by atoms with Crippen molar-refractivity contribution in [1.29, 1.82) is 0 Å². The van der Waals surface area contributed by atoms with Gasteiger partial charge in [-0.05, 0) is 25.0 Å². The van der Waals surface area contributed by atoms with Gasteiger partial charge in [-0.3, -0.25) is 4.79 Å². The van der Waals surface area contributed by atoms with Gasteiger partial charge in [0.15, 0.2) is 11.5 Å². The largest absolute Gasteiger partial charge is 0.504 e. The molecule has 1 aromatic rings. The Kier molecular flexibility index (Phi) is 3.57. The summed E-state index contributed by atoms with van der Waals surface area (Å²) in [4.78, 5) is 22.6. The van der Waals surface area contributed by atoms with Gasteiger partial charge in [0, 0.05) is 11.0 Å². The highest BCUT2D eigenvalue weighted by molar-refractivity contribution is 5.91. The molecule has 0 aromatic heterocycles. The number of benzene rings is 1. The molecular weight excluding hydrogens is 264 g/mol. The molecule has 0 aliphatic heterocycles. The maximum absolute atomic E-state index is 11.6. The van der Waals surface area contributed by atoms with Crippen LogP contribution in [-0.2, 0) is 14.9 Å². The summed E-state index contributed by atoms with van der Waals surface area (Å²) in [7, 11) is 2.63. The molecule has 1 saturated carbocycles. The number of aromatic hydroxyl groups is 1. The lowest BCUT2D eigenvalue weighted by Gasteiger charge is -2.18. The van der Waals surface area contributed by atoms with Gasteiger partial charge in [0.05, 0.1) is 26.2 Å². The molecule has 0 atom stereocenters. The summed E-state index contributed by atoms with van der Waals surface area (Å²) in [5, 5.41) is 19.2. The van der Waals surface area contributed by atoms with Crippen molar-refractivity contribution in [3.63, 3.8) is 0 Å². The number of rotatable bonds is 5. The highest BCUT2D eigenvalue weighted by atomic mass is 16.5. The Balaban J connectivity index is 2.51. The average Bonchev–Trinajstić information content (AvgIpc) is 3.17. The lowest BCUT2D eigenvalue weighted by atomic mass is 9.90. The van der Waals surface area contributed by atoms with Crippen molar-refractivity contribution < 1.29 is 29.3 Å². The smallest absolute Gasteiger partial charge is 0.337 e. The summed E-state index contributed by atoms with van der Waals surface area (Å²) in [6.07, 6.45) is 1.22. The van der Waals surface area contributed by atoms with Crippen LogP contribution in [0.3, 0.4) is 0 Å². The number of ether oxygens (including phenoxy) is 2. The van der Waals surface area contributed by atoms with Crippen LogP contribution in [0.15, 0.2) is 12.1 Å². The van der Waals surface area contributed by atoms with E-state index < -0.39 is 17.4 Å². The minimum absolute atomic E-state index is 0.0889. The van der Waals surface area contributed by atoms with Crippen LogP contribution in [0.1, 0.15) is 35.2 Å². The first-order valence-electron chi connectivity index (χ1n) is 6.15. The third-order valence-corrected chi connectivity index (χ3v) is 3.63. The first-order valence-corrected chi connectivity index (χ1v) is 6.15. The van der Waals surface area contributed by atoms with E-state index in [9.17, 15) is 14.7 Å². The first-order chi connectivity index (χ1) is 9.43. The molecule has 0 amide bonds. The SMILES string of the molecule is COC(=O)c1cc(OC)c(O)c(C2(CC(=O)O)CC2)c1. The third kappa shape index (κ3) is 2.41. The number of hydrogen-bond donors (Lipinski definition) is 2. The quantitative estimate of drug-likeness (QED) is 0.797. The first kappa shape index (κ1) is 14.2. The van der Waals surface area contributed by atoms with Crippen molar-refractivity contribution in [2.75, 3.05) is 14.2 Å². The minimum Gasteiger partial charge on any atom is -0.504 e. The van der Waals surface area contributed by atoms with Crippen LogP contribution in [0.5, 0.6) is 11.5 Å². The van der Waals surface area contributed by atoms with E-state index in [2.05, 4.69) is 4.74 Å². The molecule has 108 valence electrons. The molecule has 0 radical (unpaired) electrons. The van der Waals surface area contributed by atoms with Crippen molar-refractivity contribution in [2.24, 2.45) is 0 Å². The minimum atomic E-state index is -0.940. The van der Waals surface area contributed by atoms with Crippen molar-refractivity contribution in [2.45, 2.75) is 24.7 Å². The molecule has 0 unspecified atom stereocenters. The Bertz CT molecular complexity index is 559. The van der Waals surface area contributed by atoms with Gasteiger partial charge in [-0.2, -0.15) is 0 Å². The number of carboxylic acid groups (broad SMARTS) is 1. The second-order valence-electron chi connectivity index (χ2n) is 4.92. The maximum Gasteiger partial charge on any atom is 0.337 e. The van der Waals surface area contributed by atoms with Gasteiger partial charge in [0.25, 0.3) is 0 Å². The van der Waals surface area contributed by atoms with E-state index in [1.807, 2.05) is 0 Å². The predicted molar refractivity (Wildman–Crippen MR) is 69.2 cm³/mol. The molecule has 2 N–H and O–H groups in total. The van der Waals surface area contributed by atoms with E-state index in [-0.39, 0.29) is 23.5 Å². The summed E-state index contributed by atoms with van der Waals surface area (Å²) >= 11 is 0. The van der Waals surface area contributed by atoms with E-state index in [4.69, 9.17) is 9.84 Å². The number of aliphatic carboxylic acids is 1. The van der Waals surface area contributed by atoms with Gasteiger partial charge in [-0.25, -0.2) is 4.79 Å². The van der Waals surface area contributed by atoms with Gasteiger partial charge in [-0.15, -0.1) is 0 Å². The van der Waals surface area contributed by atoms with Gasteiger partial charge >= 0.3 is 11.9 Å².